The molecule has 0 spiro atoms. The van der Waals surface area contributed by atoms with Crippen molar-refractivity contribution in [1.82, 2.24) is 9.29 Å². The number of halogens is 3. The zero-order valence-electron chi connectivity index (χ0n) is 16.9. The first-order valence-electron chi connectivity index (χ1n) is 9.51. The molecule has 0 saturated carbocycles. The first-order valence-corrected chi connectivity index (χ1v) is 10.9. The minimum absolute atomic E-state index is 0.0160. The Balaban J connectivity index is 1.78. The topological polar surface area (TPSA) is 90.8 Å². The summed E-state index contributed by atoms with van der Waals surface area (Å²) in [6, 6.07) is 6.18. The fourth-order valence-corrected chi connectivity index (χ4v) is 5.21. The van der Waals surface area contributed by atoms with E-state index in [4.69, 9.17) is 5.11 Å². The molecule has 1 aromatic carbocycles. The molecule has 2 heterocycles. The summed E-state index contributed by atoms with van der Waals surface area (Å²) in [5, 5.41) is 9.04. The maximum Gasteiger partial charge on any atom is 0.417 e. The molecule has 0 bridgehead atoms. The van der Waals surface area contributed by atoms with Crippen LogP contribution in [0, 0.1) is 6.92 Å². The highest BCUT2D eigenvalue weighted by Gasteiger charge is 2.35. The number of hydrogen-bond donors (Lipinski definition) is 1. The van der Waals surface area contributed by atoms with E-state index in [-0.39, 0.29) is 31.0 Å². The van der Waals surface area contributed by atoms with E-state index >= 15 is 0 Å². The normalized spacial score (nSPS) is 18.2. The Bertz CT molecular complexity index is 1070. The van der Waals surface area contributed by atoms with Gasteiger partial charge in [-0.3, -0.25) is 4.79 Å². The van der Waals surface area contributed by atoms with Crippen molar-refractivity contribution in [2.45, 2.75) is 37.4 Å². The van der Waals surface area contributed by atoms with Gasteiger partial charge in [0.1, 0.15) is 5.82 Å². The van der Waals surface area contributed by atoms with Crippen LogP contribution in [0.25, 0.3) is 0 Å². The third kappa shape index (κ3) is 4.99. The van der Waals surface area contributed by atoms with Crippen molar-refractivity contribution in [1.29, 1.82) is 0 Å². The number of anilines is 1. The molecule has 1 aromatic heterocycles. The number of aromatic nitrogens is 1. The summed E-state index contributed by atoms with van der Waals surface area (Å²) >= 11 is 0. The van der Waals surface area contributed by atoms with Gasteiger partial charge in [-0.25, -0.2) is 13.4 Å². The Morgan fingerprint density at radius 1 is 1.23 bits per heavy atom. The van der Waals surface area contributed by atoms with Crippen molar-refractivity contribution in [2.24, 2.45) is 0 Å². The van der Waals surface area contributed by atoms with Crippen molar-refractivity contribution in [3.05, 3.63) is 53.2 Å². The fraction of sp³-hybridized carbons (Fsp3) is 0.400. The van der Waals surface area contributed by atoms with Crippen LogP contribution in [0.5, 0.6) is 0 Å². The molecule has 3 rings (SSSR count). The van der Waals surface area contributed by atoms with Gasteiger partial charge in [-0.15, -0.1) is 0 Å². The molecule has 0 radical (unpaired) electrons. The maximum absolute atomic E-state index is 13.2. The van der Waals surface area contributed by atoms with Gasteiger partial charge < -0.3 is 10.0 Å². The van der Waals surface area contributed by atoms with Gasteiger partial charge in [0.25, 0.3) is 0 Å². The Kier molecular flexibility index (Phi) is 6.28. The molecular formula is C20H22F3N3O4S. The lowest BCUT2D eigenvalue weighted by atomic mass is 10.1. The largest absolute Gasteiger partial charge is 0.481 e. The molecule has 31 heavy (non-hydrogen) atoms. The molecular weight excluding hydrogens is 435 g/mol. The highest BCUT2D eigenvalue weighted by Crippen LogP contribution is 2.30. The quantitative estimate of drug-likeness (QED) is 0.743. The number of nitrogens with zero attached hydrogens (tertiary/aromatic N) is 3. The Labute approximate surface area is 178 Å². The average molecular weight is 457 g/mol. The van der Waals surface area contributed by atoms with Gasteiger partial charge in [0, 0.05) is 31.9 Å². The SMILES string of the molecule is Cc1ccc(S(=O)(=O)N2CCN(c3ccc(C(F)(F)F)cn3)CC2C)cc1CC(=O)O. The fourth-order valence-electron chi connectivity index (χ4n) is 3.54. The second-order valence-corrected chi connectivity index (χ2v) is 9.36. The third-order valence-electron chi connectivity index (χ3n) is 5.23. The van der Waals surface area contributed by atoms with Crippen molar-refractivity contribution < 1.29 is 31.5 Å². The Morgan fingerprint density at radius 3 is 2.48 bits per heavy atom. The molecule has 1 N–H and O–H groups in total. The second-order valence-electron chi connectivity index (χ2n) is 7.47. The molecule has 1 atom stereocenters. The van der Waals surface area contributed by atoms with E-state index < -0.39 is 33.8 Å². The van der Waals surface area contributed by atoms with Gasteiger partial charge in [-0.2, -0.15) is 17.5 Å². The van der Waals surface area contributed by atoms with Crippen molar-refractivity contribution in [3.63, 3.8) is 0 Å². The summed E-state index contributed by atoms with van der Waals surface area (Å²) in [5.74, 6) is -0.709. The number of rotatable bonds is 5. The lowest BCUT2D eigenvalue weighted by molar-refractivity contribution is -0.138. The van der Waals surface area contributed by atoms with E-state index in [1.165, 1.54) is 22.5 Å². The van der Waals surface area contributed by atoms with E-state index in [0.717, 1.165) is 12.3 Å². The highest BCUT2D eigenvalue weighted by atomic mass is 32.2. The molecule has 0 aliphatic carbocycles. The molecule has 2 aromatic rings. The third-order valence-corrected chi connectivity index (χ3v) is 7.24. The summed E-state index contributed by atoms with van der Waals surface area (Å²) < 4.78 is 65.8. The van der Waals surface area contributed by atoms with Crippen LogP contribution < -0.4 is 4.90 Å². The molecule has 7 nitrogen and oxygen atoms in total. The van der Waals surface area contributed by atoms with Crippen LogP contribution in [0.2, 0.25) is 0 Å². The van der Waals surface area contributed by atoms with Crippen LogP contribution in [0.3, 0.4) is 0 Å². The van der Waals surface area contributed by atoms with Gasteiger partial charge in [-0.1, -0.05) is 6.07 Å². The van der Waals surface area contributed by atoms with Crippen molar-refractivity contribution in [3.8, 4) is 0 Å². The van der Waals surface area contributed by atoms with E-state index in [2.05, 4.69) is 4.98 Å². The zero-order valence-corrected chi connectivity index (χ0v) is 17.7. The molecule has 1 saturated heterocycles. The monoisotopic (exact) mass is 457 g/mol. The average Bonchev–Trinajstić information content (AvgIpc) is 2.68. The molecule has 1 aliphatic heterocycles. The van der Waals surface area contributed by atoms with E-state index in [9.17, 15) is 26.4 Å². The summed E-state index contributed by atoms with van der Waals surface area (Å²) in [6.07, 6.45) is -3.99. The number of aliphatic carboxylic acids is 1. The number of alkyl halides is 3. The predicted octanol–water partition coefficient (Wildman–Crippen LogP) is 2.94. The van der Waals surface area contributed by atoms with Crippen LogP contribution in [0.15, 0.2) is 41.4 Å². The molecule has 1 fully saturated rings. The lowest BCUT2D eigenvalue weighted by Crippen LogP contribution is -2.54. The number of carboxylic acids is 1. The number of aryl methyl sites for hydroxylation is 1. The number of pyridine rings is 1. The molecule has 1 unspecified atom stereocenters. The highest BCUT2D eigenvalue weighted by molar-refractivity contribution is 7.89. The van der Waals surface area contributed by atoms with Crippen LogP contribution in [-0.2, 0) is 27.4 Å². The zero-order chi connectivity index (χ0) is 23.0. The Hall–Kier alpha value is -2.66. The van der Waals surface area contributed by atoms with E-state index in [1.54, 1.807) is 24.8 Å². The van der Waals surface area contributed by atoms with Crippen molar-refractivity contribution in [2.75, 3.05) is 24.5 Å². The lowest BCUT2D eigenvalue weighted by Gasteiger charge is -2.39. The summed E-state index contributed by atoms with van der Waals surface area (Å²) in [6.45, 7) is 4.06. The molecule has 11 heteroatoms. The van der Waals surface area contributed by atoms with E-state index in [1.807, 2.05) is 0 Å². The first-order chi connectivity index (χ1) is 14.4. The van der Waals surface area contributed by atoms with Gasteiger partial charge in [0.05, 0.1) is 16.9 Å². The Morgan fingerprint density at radius 2 is 1.94 bits per heavy atom. The summed E-state index contributed by atoms with van der Waals surface area (Å²) in [5.41, 5.74) is 0.267. The molecule has 0 amide bonds. The number of piperazine rings is 1. The predicted molar refractivity (Wildman–Crippen MR) is 107 cm³/mol. The summed E-state index contributed by atoms with van der Waals surface area (Å²) in [7, 11) is -3.87. The number of sulfonamides is 1. The van der Waals surface area contributed by atoms with Crippen LogP contribution >= 0.6 is 0 Å². The van der Waals surface area contributed by atoms with Crippen molar-refractivity contribution >= 4 is 21.8 Å². The first kappa shape index (κ1) is 23.0. The minimum Gasteiger partial charge on any atom is -0.481 e. The van der Waals surface area contributed by atoms with Gasteiger partial charge in [0.2, 0.25) is 10.0 Å². The number of hydrogen-bond acceptors (Lipinski definition) is 5. The second kappa shape index (κ2) is 8.46. The van der Waals surface area contributed by atoms with Crippen LogP contribution in [-0.4, -0.2) is 54.5 Å². The maximum atomic E-state index is 13.2. The standard InChI is InChI=1S/C20H22F3N3O4S/c1-13-3-5-17(9-15(13)10-19(27)28)31(29,30)26-8-7-25(12-14(26)2)18-6-4-16(11-24-18)20(21,22)23/h3-6,9,11,14H,7-8,10,12H2,1-2H3,(H,27,28). The smallest absolute Gasteiger partial charge is 0.417 e. The summed E-state index contributed by atoms with van der Waals surface area (Å²) in [4.78, 5) is 16.7. The number of carboxylic acid groups (broad SMARTS) is 1. The minimum atomic E-state index is -4.47. The molecule has 168 valence electrons. The van der Waals surface area contributed by atoms with Crippen LogP contribution in [0.4, 0.5) is 19.0 Å². The van der Waals surface area contributed by atoms with Crippen LogP contribution in [0.1, 0.15) is 23.6 Å². The van der Waals surface area contributed by atoms with Gasteiger partial charge in [0.15, 0.2) is 0 Å². The van der Waals surface area contributed by atoms with Gasteiger partial charge >= 0.3 is 12.1 Å². The number of benzene rings is 1. The molecule has 1 aliphatic rings. The van der Waals surface area contributed by atoms with E-state index in [0.29, 0.717) is 16.9 Å². The van der Waals surface area contributed by atoms with Gasteiger partial charge in [-0.05, 0) is 49.2 Å². The number of carbonyl (C=O) groups is 1.